The lowest BCUT2D eigenvalue weighted by Gasteiger charge is -2.17. The smallest absolute Gasteiger partial charge is 0.186 e. The van der Waals surface area contributed by atoms with Crippen LogP contribution in [-0.2, 0) is 0 Å². The molecule has 0 bridgehead atoms. The van der Waals surface area contributed by atoms with E-state index in [0.29, 0.717) is 17.0 Å². The fourth-order valence-corrected chi connectivity index (χ4v) is 4.44. The van der Waals surface area contributed by atoms with Crippen molar-refractivity contribution in [3.05, 3.63) is 96.2 Å². The van der Waals surface area contributed by atoms with Gasteiger partial charge in [0.2, 0.25) is 0 Å². The van der Waals surface area contributed by atoms with Crippen LogP contribution in [0.3, 0.4) is 0 Å². The average molecular weight is 369 g/mol. The molecule has 27 heavy (non-hydrogen) atoms. The molecular weight excluding hydrogens is 354 g/mol. The highest BCUT2D eigenvalue weighted by atomic mass is 32.2. The normalized spacial score (nSPS) is 19.2. The summed E-state index contributed by atoms with van der Waals surface area (Å²) in [5, 5.41) is 1.02. The minimum Gasteiger partial charge on any atom is -0.265 e. The molecule has 2 unspecified atom stereocenters. The van der Waals surface area contributed by atoms with Gasteiger partial charge in [-0.25, -0.2) is 19.9 Å². The van der Waals surface area contributed by atoms with E-state index in [-0.39, 0.29) is 11.3 Å². The van der Waals surface area contributed by atoms with E-state index >= 15 is 0 Å². The van der Waals surface area contributed by atoms with E-state index < -0.39 is 0 Å². The molecular formula is C21H15N5S. The summed E-state index contributed by atoms with van der Waals surface area (Å²) < 4.78 is 0. The second-order valence-corrected chi connectivity index (χ2v) is 7.33. The first-order valence-electron chi connectivity index (χ1n) is 8.67. The van der Waals surface area contributed by atoms with Crippen LogP contribution in [0.2, 0.25) is 0 Å². The van der Waals surface area contributed by atoms with Crippen molar-refractivity contribution in [1.29, 1.82) is 0 Å². The van der Waals surface area contributed by atoms with E-state index in [1.165, 1.54) is 11.1 Å². The molecule has 0 saturated heterocycles. The minimum atomic E-state index is 0.0229. The summed E-state index contributed by atoms with van der Waals surface area (Å²) >= 11 is 1.71. The van der Waals surface area contributed by atoms with Crippen molar-refractivity contribution >= 4 is 28.0 Å². The molecule has 0 saturated carbocycles. The Morgan fingerprint density at radius 3 is 2.22 bits per heavy atom. The van der Waals surface area contributed by atoms with E-state index in [1.807, 2.05) is 12.1 Å². The zero-order valence-electron chi connectivity index (χ0n) is 14.3. The van der Waals surface area contributed by atoms with Gasteiger partial charge in [-0.15, -0.1) is 0 Å². The molecule has 2 atom stereocenters. The van der Waals surface area contributed by atoms with Gasteiger partial charge >= 0.3 is 0 Å². The highest BCUT2D eigenvalue weighted by Gasteiger charge is 2.34. The lowest BCUT2D eigenvalue weighted by molar-refractivity contribution is 0.724. The Hall–Kier alpha value is -3.12. The highest BCUT2D eigenvalue weighted by Crippen LogP contribution is 2.49. The third kappa shape index (κ3) is 3.08. The second-order valence-electron chi connectivity index (χ2n) is 6.20. The SMILES string of the molecule is c1ccc(C2N=C(c3ncc4nccnc4n3)SC2c2ccccc2)cc1. The van der Waals surface area contributed by atoms with Gasteiger partial charge in [-0.2, -0.15) is 0 Å². The van der Waals surface area contributed by atoms with Crippen LogP contribution in [0.4, 0.5) is 0 Å². The summed E-state index contributed by atoms with van der Waals surface area (Å²) in [7, 11) is 0. The van der Waals surface area contributed by atoms with Gasteiger partial charge in [-0.3, -0.25) is 4.99 Å². The lowest BCUT2D eigenvalue weighted by Crippen LogP contribution is -2.03. The van der Waals surface area contributed by atoms with Crippen LogP contribution >= 0.6 is 11.8 Å². The third-order valence-corrected chi connectivity index (χ3v) is 5.76. The maximum atomic E-state index is 5.00. The first kappa shape index (κ1) is 16.1. The molecule has 0 spiro atoms. The van der Waals surface area contributed by atoms with Crippen LogP contribution in [0, 0.1) is 0 Å². The number of hydrogen-bond acceptors (Lipinski definition) is 6. The molecule has 4 aromatic rings. The van der Waals surface area contributed by atoms with Crippen molar-refractivity contribution in [2.45, 2.75) is 11.3 Å². The van der Waals surface area contributed by atoms with Crippen molar-refractivity contribution in [2.75, 3.05) is 0 Å². The van der Waals surface area contributed by atoms with Gasteiger partial charge in [0, 0.05) is 12.4 Å². The van der Waals surface area contributed by atoms with Crippen LogP contribution < -0.4 is 0 Å². The summed E-state index contributed by atoms with van der Waals surface area (Å²) in [6.45, 7) is 0. The zero-order valence-corrected chi connectivity index (χ0v) is 15.1. The predicted molar refractivity (Wildman–Crippen MR) is 108 cm³/mol. The number of fused-ring (bicyclic) bond motifs is 1. The molecule has 6 heteroatoms. The Balaban J connectivity index is 1.58. The number of thioether (sulfide) groups is 1. The van der Waals surface area contributed by atoms with Gasteiger partial charge in [0.25, 0.3) is 0 Å². The van der Waals surface area contributed by atoms with Crippen LogP contribution in [0.25, 0.3) is 11.2 Å². The summed E-state index contributed by atoms with van der Waals surface area (Å²) in [6.07, 6.45) is 4.99. The molecule has 0 aliphatic carbocycles. The fraction of sp³-hybridized carbons (Fsp3) is 0.0952. The highest BCUT2D eigenvalue weighted by molar-refractivity contribution is 8.14. The van der Waals surface area contributed by atoms with Gasteiger partial charge in [0.05, 0.1) is 17.5 Å². The largest absolute Gasteiger partial charge is 0.265 e. The van der Waals surface area contributed by atoms with E-state index in [2.05, 4.69) is 68.5 Å². The Morgan fingerprint density at radius 1 is 0.741 bits per heavy atom. The van der Waals surface area contributed by atoms with Gasteiger partial charge in [-0.1, -0.05) is 72.4 Å². The summed E-state index contributed by atoms with van der Waals surface area (Å²) in [4.78, 5) is 22.6. The molecule has 0 fully saturated rings. The molecule has 130 valence electrons. The van der Waals surface area contributed by atoms with Gasteiger partial charge < -0.3 is 0 Å². The summed E-state index contributed by atoms with van der Waals surface area (Å²) in [5.74, 6) is 0.604. The fourth-order valence-electron chi connectivity index (χ4n) is 3.19. The molecule has 2 aromatic heterocycles. The molecule has 0 N–H and O–H groups in total. The molecule has 3 heterocycles. The van der Waals surface area contributed by atoms with Crippen LogP contribution in [0.5, 0.6) is 0 Å². The van der Waals surface area contributed by atoms with Crippen LogP contribution in [0.1, 0.15) is 28.2 Å². The summed E-state index contributed by atoms with van der Waals surface area (Å²) in [6, 6.07) is 20.9. The number of benzene rings is 2. The Labute approximate surface area is 160 Å². The van der Waals surface area contributed by atoms with Crippen molar-refractivity contribution in [1.82, 2.24) is 19.9 Å². The Bertz CT molecular complexity index is 1110. The average Bonchev–Trinajstić information content (AvgIpc) is 3.20. The minimum absolute atomic E-state index is 0.0229. The van der Waals surface area contributed by atoms with Gasteiger partial charge in [0.15, 0.2) is 11.5 Å². The monoisotopic (exact) mass is 369 g/mol. The third-order valence-electron chi connectivity index (χ3n) is 4.47. The Morgan fingerprint density at radius 2 is 1.44 bits per heavy atom. The number of aromatic nitrogens is 4. The van der Waals surface area contributed by atoms with Gasteiger partial charge in [0.1, 0.15) is 10.6 Å². The molecule has 5 nitrogen and oxygen atoms in total. The van der Waals surface area contributed by atoms with Crippen LogP contribution in [0.15, 0.2) is 84.2 Å². The first-order valence-corrected chi connectivity index (χ1v) is 9.55. The van der Waals surface area contributed by atoms with Crippen LogP contribution in [-0.4, -0.2) is 25.0 Å². The lowest BCUT2D eigenvalue weighted by atomic mass is 9.99. The van der Waals surface area contributed by atoms with Crippen molar-refractivity contribution in [3.8, 4) is 0 Å². The Kier molecular flexibility index (Phi) is 4.10. The topological polar surface area (TPSA) is 63.9 Å². The zero-order chi connectivity index (χ0) is 18.1. The maximum absolute atomic E-state index is 5.00. The van der Waals surface area contributed by atoms with E-state index in [1.54, 1.807) is 30.4 Å². The second kappa shape index (κ2) is 6.89. The molecule has 2 aromatic carbocycles. The predicted octanol–water partition coefficient (Wildman–Crippen LogP) is 4.40. The number of aliphatic imine (C=N–C) groups is 1. The van der Waals surface area contributed by atoms with Crippen molar-refractivity contribution < 1.29 is 0 Å². The molecule has 0 radical (unpaired) electrons. The molecule has 1 aliphatic heterocycles. The quantitative estimate of drug-likeness (QED) is 0.536. The molecule has 1 aliphatic rings. The summed E-state index contributed by atoms with van der Waals surface area (Å²) in [5.41, 5.74) is 3.71. The van der Waals surface area contributed by atoms with Crippen molar-refractivity contribution in [2.24, 2.45) is 4.99 Å². The van der Waals surface area contributed by atoms with E-state index in [0.717, 1.165) is 5.04 Å². The first-order chi connectivity index (χ1) is 13.4. The van der Waals surface area contributed by atoms with Gasteiger partial charge in [-0.05, 0) is 11.1 Å². The van der Waals surface area contributed by atoms with Crippen molar-refractivity contribution in [3.63, 3.8) is 0 Å². The standard InChI is InChI=1S/C21H15N5S/c1-3-7-14(8-4-1)17-18(15-9-5-2-6-10-15)27-21(25-17)20-24-13-16-19(26-20)23-12-11-22-16/h1-13,17-18H. The molecule has 5 rings (SSSR count). The number of hydrogen-bond donors (Lipinski definition) is 0. The maximum Gasteiger partial charge on any atom is 0.186 e. The molecule has 0 amide bonds. The number of rotatable bonds is 3. The van der Waals surface area contributed by atoms with E-state index in [4.69, 9.17) is 4.99 Å². The van der Waals surface area contributed by atoms with E-state index in [9.17, 15) is 0 Å². The number of nitrogens with zero attached hydrogens (tertiary/aromatic N) is 5.